The van der Waals surface area contributed by atoms with Gasteiger partial charge in [0.05, 0.1) is 6.10 Å². The molecule has 1 saturated heterocycles. The molecule has 17 heavy (non-hydrogen) atoms. The Labute approximate surface area is 110 Å². The van der Waals surface area contributed by atoms with E-state index in [1.807, 2.05) is 0 Å². The number of nitrogens with one attached hydrogen (secondary N) is 1. The van der Waals surface area contributed by atoms with E-state index in [2.05, 4.69) is 19.2 Å². The predicted molar refractivity (Wildman–Crippen MR) is 71.3 cm³/mol. The number of hydrogen-bond acceptors (Lipinski definition) is 3. The number of ether oxygens (including phenoxy) is 1. The highest BCUT2D eigenvalue weighted by Crippen LogP contribution is 2.19. The molecule has 0 aliphatic carbocycles. The Kier molecular flexibility index (Phi) is 8.56. The van der Waals surface area contributed by atoms with Gasteiger partial charge in [-0.3, -0.25) is 4.79 Å². The molecule has 1 amide bonds. The molecule has 1 heterocycles. The third kappa shape index (κ3) is 5.23. The first-order chi connectivity index (χ1) is 7.71. The van der Waals surface area contributed by atoms with Gasteiger partial charge in [0.15, 0.2) is 0 Å². The molecule has 1 aliphatic heterocycles. The van der Waals surface area contributed by atoms with Crippen LogP contribution < -0.4 is 11.1 Å². The molecule has 0 spiro atoms. The summed E-state index contributed by atoms with van der Waals surface area (Å²) >= 11 is 0. The highest BCUT2D eigenvalue weighted by molar-refractivity contribution is 5.85. The first-order valence-corrected chi connectivity index (χ1v) is 6.37. The summed E-state index contributed by atoms with van der Waals surface area (Å²) in [6, 6.07) is 0.290. The number of carbonyl (C=O) groups excluding carboxylic acids is 1. The van der Waals surface area contributed by atoms with Crippen LogP contribution in [0.4, 0.5) is 0 Å². The minimum atomic E-state index is -0.278. The number of halogens is 1. The first kappa shape index (κ1) is 16.7. The third-order valence-electron chi connectivity index (χ3n) is 3.14. The van der Waals surface area contributed by atoms with Gasteiger partial charge in [0, 0.05) is 12.6 Å². The minimum absolute atomic E-state index is 0. The van der Waals surface area contributed by atoms with Crippen LogP contribution in [0.1, 0.15) is 46.0 Å². The second kappa shape index (κ2) is 8.72. The van der Waals surface area contributed by atoms with Crippen molar-refractivity contribution in [2.24, 2.45) is 5.73 Å². The van der Waals surface area contributed by atoms with Gasteiger partial charge in [-0.15, -0.1) is 12.4 Å². The van der Waals surface area contributed by atoms with Gasteiger partial charge in [0.25, 0.3) is 0 Å². The summed E-state index contributed by atoms with van der Waals surface area (Å²) in [5.74, 6) is 0.0382. The SMILES string of the molecule is CCCC(CC)NC(=O)[C@@H]1CC[C@H](CN)O1.Cl. The van der Waals surface area contributed by atoms with E-state index < -0.39 is 0 Å². The van der Waals surface area contributed by atoms with Gasteiger partial charge in [-0.2, -0.15) is 0 Å². The number of hydrogen-bond donors (Lipinski definition) is 2. The summed E-state index contributed by atoms with van der Waals surface area (Å²) in [6.07, 6.45) is 4.61. The van der Waals surface area contributed by atoms with Gasteiger partial charge >= 0.3 is 0 Å². The van der Waals surface area contributed by atoms with Crippen molar-refractivity contribution >= 4 is 18.3 Å². The maximum absolute atomic E-state index is 11.9. The molecule has 0 bridgehead atoms. The molecule has 1 unspecified atom stereocenters. The second-order valence-electron chi connectivity index (χ2n) is 4.46. The van der Waals surface area contributed by atoms with Crippen LogP contribution in [-0.2, 0) is 9.53 Å². The molecule has 5 heteroatoms. The minimum Gasteiger partial charge on any atom is -0.364 e. The van der Waals surface area contributed by atoms with Gasteiger partial charge in [0.1, 0.15) is 6.10 Å². The number of carbonyl (C=O) groups is 1. The predicted octanol–water partition coefficient (Wildman–Crippen LogP) is 1.61. The number of amides is 1. The van der Waals surface area contributed by atoms with E-state index in [1.165, 1.54) is 0 Å². The lowest BCUT2D eigenvalue weighted by Gasteiger charge is -2.19. The van der Waals surface area contributed by atoms with Crippen LogP contribution in [0.5, 0.6) is 0 Å². The molecule has 4 nitrogen and oxygen atoms in total. The van der Waals surface area contributed by atoms with E-state index in [4.69, 9.17) is 10.5 Å². The molecule has 102 valence electrons. The monoisotopic (exact) mass is 264 g/mol. The van der Waals surface area contributed by atoms with Crippen LogP contribution in [0.15, 0.2) is 0 Å². The quantitative estimate of drug-likeness (QED) is 0.766. The number of rotatable bonds is 6. The molecule has 0 saturated carbocycles. The van der Waals surface area contributed by atoms with Gasteiger partial charge in [0.2, 0.25) is 5.91 Å². The number of nitrogens with two attached hydrogens (primary N) is 1. The Morgan fingerprint density at radius 2 is 2.18 bits per heavy atom. The molecule has 1 aliphatic rings. The van der Waals surface area contributed by atoms with Crippen LogP contribution in [0.2, 0.25) is 0 Å². The van der Waals surface area contributed by atoms with Crippen molar-refractivity contribution in [3.8, 4) is 0 Å². The molecular weight excluding hydrogens is 240 g/mol. The Morgan fingerprint density at radius 1 is 1.47 bits per heavy atom. The van der Waals surface area contributed by atoms with E-state index in [1.54, 1.807) is 0 Å². The summed E-state index contributed by atoms with van der Waals surface area (Å²) in [5, 5.41) is 3.05. The van der Waals surface area contributed by atoms with Crippen molar-refractivity contribution < 1.29 is 9.53 Å². The van der Waals surface area contributed by atoms with E-state index in [9.17, 15) is 4.79 Å². The lowest BCUT2D eigenvalue weighted by atomic mass is 10.1. The van der Waals surface area contributed by atoms with Crippen molar-refractivity contribution in [2.45, 2.75) is 64.2 Å². The van der Waals surface area contributed by atoms with Crippen molar-refractivity contribution in [1.29, 1.82) is 0 Å². The van der Waals surface area contributed by atoms with Crippen molar-refractivity contribution in [2.75, 3.05) is 6.54 Å². The van der Waals surface area contributed by atoms with Crippen LogP contribution >= 0.6 is 12.4 Å². The van der Waals surface area contributed by atoms with Crippen LogP contribution in [-0.4, -0.2) is 30.7 Å². The molecular formula is C12H25ClN2O2. The molecule has 1 rings (SSSR count). The van der Waals surface area contributed by atoms with Crippen molar-refractivity contribution in [3.63, 3.8) is 0 Å². The fourth-order valence-electron chi connectivity index (χ4n) is 2.09. The van der Waals surface area contributed by atoms with Gasteiger partial charge < -0.3 is 15.8 Å². The average molecular weight is 265 g/mol. The highest BCUT2D eigenvalue weighted by Gasteiger charge is 2.30. The molecule has 1 fully saturated rings. The summed E-state index contributed by atoms with van der Waals surface area (Å²) in [6.45, 7) is 4.74. The Balaban J connectivity index is 0.00000256. The normalized spacial score (nSPS) is 25.1. The van der Waals surface area contributed by atoms with Crippen LogP contribution in [0.25, 0.3) is 0 Å². The zero-order valence-electron chi connectivity index (χ0n) is 10.8. The molecule has 0 aromatic heterocycles. The second-order valence-corrected chi connectivity index (χ2v) is 4.46. The van der Waals surface area contributed by atoms with Crippen LogP contribution in [0.3, 0.4) is 0 Å². The van der Waals surface area contributed by atoms with E-state index in [-0.39, 0.29) is 36.6 Å². The molecule has 3 N–H and O–H groups in total. The fourth-order valence-corrected chi connectivity index (χ4v) is 2.09. The maximum Gasteiger partial charge on any atom is 0.249 e. The van der Waals surface area contributed by atoms with Gasteiger partial charge in [-0.25, -0.2) is 0 Å². The highest BCUT2D eigenvalue weighted by atomic mass is 35.5. The Morgan fingerprint density at radius 3 is 2.65 bits per heavy atom. The lowest BCUT2D eigenvalue weighted by molar-refractivity contribution is -0.132. The van der Waals surface area contributed by atoms with E-state index in [0.717, 1.165) is 32.1 Å². The Hall–Kier alpha value is -0.320. The summed E-state index contributed by atoms with van der Waals surface area (Å²) in [4.78, 5) is 11.9. The summed E-state index contributed by atoms with van der Waals surface area (Å²) in [7, 11) is 0. The molecule has 3 atom stereocenters. The average Bonchev–Trinajstić information content (AvgIpc) is 2.76. The lowest BCUT2D eigenvalue weighted by Crippen LogP contribution is -2.41. The van der Waals surface area contributed by atoms with Crippen LogP contribution in [0, 0.1) is 0 Å². The zero-order chi connectivity index (χ0) is 12.0. The fraction of sp³-hybridized carbons (Fsp3) is 0.917. The van der Waals surface area contributed by atoms with Gasteiger partial charge in [-0.05, 0) is 25.7 Å². The van der Waals surface area contributed by atoms with E-state index in [0.29, 0.717) is 6.54 Å². The van der Waals surface area contributed by atoms with Crippen molar-refractivity contribution in [3.05, 3.63) is 0 Å². The standard InChI is InChI=1S/C12H24N2O2.ClH/c1-3-5-9(4-2)14-12(15)11-7-6-10(8-13)16-11;/h9-11H,3-8,13H2,1-2H3,(H,14,15);1H/t9?,10-,11+;/m1./s1. The summed E-state index contributed by atoms with van der Waals surface area (Å²) < 4.78 is 5.56. The smallest absolute Gasteiger partial charge is 0.249 e. The maximum atomic E-state index is 11.9. The third-order valence-corrected chi connectivity index (χ3v) is 3.14. The van der Waals surface area contributed by atoms with Crippen molar-refractivity contribution in [1.82, 2.24) is 5.32 Å². The first-order valence-electron chi connectivity index (χ1n) is 6.37. The summed E-state index contributed by atoms with van der Waals surface area (Å²) in [5.41, 5.74) is 5.51. The van der Waals surface area contributed by atoms with Gasteiger partial charge in [-0.1, -0.05) is 20.3 Å². The largest absolute Gasteiger partial charge is 0.364 e. The molecule has 0 aromatic carbocycles. The zero-order valence-corrected chi connectivity index (χ0v) is 11.6. The molecule has 0 radical (unpaired) electrons. The van der Waals surface area contributed by atoms with E-state index >= 15 is 0 Å². The Bertz CT molecular complexity index is 227. The topological polar surface area (TPSA) is 64.4 Å². The molecule has 0 aromatic rings.